The monoisotopic (exact) mass is 490 g/mol. The Bertz CT molecular complexity index is 1470. The predicted octanol–water partition coefficient (Wildman–Crippen LogP) is 2.74. The Balaban J connectivity index is 1.36. The topological polar surface area (TPSA) is 76.8 Å². The average molecular weight is 491 g/mol. The molecule has 5 rings (SSSR count). The molecular weight excluding hydrogens is 464 g/mol. The van der Waals surface area contributed by atoms with Gasteiger partial charge in [0.05, 0.1) is 23.7 Å². The van der Waals surface area contributed by atoms with Crippen LogP contribution in [-0.4, -0.2) is 59.8 Å². The van der Waals surface area contributed by atoms with Gasteiger partial charge in [0.25, 0.3) is 11.5 Å². The van der Waals surface area contributed by atoms with E-state index in [1.807, 2.05) is 24.3 Å². The van der Waals surface area contributed by atoms with Crippen LogP contribution in [0.3, 0.4) is 0 Å². The van der Waals surface area contributed by atoms with Crippen molar-refractivity contribution in [2.75, 3.05) is 44.7 Å². The van der Waals surface area contributed by atoms with Crippen LogP contribution in [0.5, 0.6) is 5.75 Å². The van der Waals surface area contributed by atoms with E-state index in [2.05, 4.69) is 15.9 Å². The Hall–Kier alpha value is -3.69. The molecular formula is C26H26N4O4S. The summed E-state index contributed by atoms with van der Waals surface area (Å²) in [4.78, 5) is 44.2. The quantitative estimate of drug-likeness (QED) is 0.414. The minimum Gasteiger partial charge on any atom is -0.495 e. The molecule has 35 heavy (non-hydrogen) atoms. The molecule has 3 heterocycles. The van der Waals surface area contributed by atoms with E-state index in [4.69, 9.17) is 4.74 Å². The van der Waals surface area contributed by atoms with Gasteiger partial charge in [0.2, 0.25) is 0 Å². The lowest BCUT2D eigenvalue weighted by Crippen LogP contribution is -2.49. The van der Waals surface area contributed by atoms with Gasteiger partial charge < -0.3 is 9.64 Å². The van der Waals surface area contributed by atoms with Crippen LogP contribution in [0.2, 0.25) is 0 Å². The smallest absolute Gasteiger partial charge is 0.338 e. The number of nitrogens with zero attached hydrogens (tertiary/aromatic N) is 4. The second-order valence-electron chi connectivity index (χ2n) is 8.42. The molecule has 1 aliphatic rings. The number of anilines is 1. The first-order valence-electron chi connectivity index (χ1n) is 11.5. The molecule has 0 unspecified atom stereocenters. The standard InChI is InChI=1S/C26H26N4O4S/c1-34-23-10-6-5-9-21(23)28-14-11-27(12-15-28)13-16-29-25(32)20-17-35-18-22(20)30(26(29)33)24(31)19-7-3-2-4-8-19/h2-10,17-18H,11-16H2,1H3. The maximum Gasteiger partial charge on any atom is 0.338 e. The van der Waals surface area contributed by atoms with Gasteiger partial charge in [-0.15, -0.1) is 11.3 Å². The Kier molecular flexibility index (Phi) is 6.52. The normalized spacial score (nSPS) is 14.4. The number of benzene rings is 2. The first-order chi connectivity index (χ1) is 17.1. The van der Waals surface area contributed by atoms with Crippen molar-refractivity contribution < 1.29 is 9.53 Å². The number of para-hydroxylation sites is 2. The van der Waals surface area contributed by atoms with Crippen molar-refractivity contribution in [2.45, 2.75) is 6.54 Å². The van der Waals surface area contributed by atoms with Gasteiger partial charge in [-0.05, 0) is 24.3 Å². The van der Waals surface area contributed by atoms with Crippen LogP contribution in [0.15, 0.2) is 74.9 Å². The summed E-state index contributed by atoms with van der Waals surface area (Å²) in [6.45, 7) is 3.99. The lowest BCUT2D eigenvalue weighted by atomic mass is 10.2. The second kappa shape index (κ2) is 9.89. The number of carbonyl (C=O) groups excluding carboxylic acids is 1. The van der Waals surface area contributed by atoms with E-state index in [0.717, 1.165) is 42.2 Å². The van der Waals surface area contributed by atoms with Gasteiger partial charge in [-0.3, -0.25) is 19.1 Å². The molecule has 0 bridgehead atoms. The van der Waals surface area contributed by atoms with Crippen molar-refractivity contribution in [3.8, 4) is 5.75 Å². The highest BCUT2D eigenvalue weighted by atomic mass is 32.1. The van der Waals surface area contributed by atoms with Crippen LogP contribution >= 0.6 is 11.3 Å². The number of piperazine rings is 1. The molecule has 2 aromatic carbocycles. The Morgan fingerprint density at radius 1 is 0.914 bits per heavy atom. The van der Waals surface area contributed by atoms with Gasteiger partial charge in [-0.25, -0.2) is 9.36 Å². The number of hydrogen-bond donors (Lipinski definition) is 0. The molecule has 1 saturated heterocycles. The minimum atomic E-state index is -0.595. The summed E-state index contributed by atoms with van der Waals surface area (Å²) in [5, 5.41) is 3.77. The summed E-state index contributed by atoms with van der Waals surface area (Å²) < 4.78 is 7.82. The number of methoxy groups -OCH3 is 1. The number of thiophene rings is 1. The molecule has 0 radical (unpaired) electrons. The maximum absolute atomic E-state index is 13.4. The number of rotatable bonds is 6. The number of carbonyl (C=O) groups is 1. The van der Waals surface area contributed by atoms with Crippen LogP contribution < -0.4 is 20.9 Å². The first-order valence-corrected chi connectivity index (χ1v) is 12.4. The molecule has 4 aromatic rings. The van der Waals surface area contributed by atoms with E-state index in [0.29, 0.717) is 23.0 Å². The van der Waals surface area contributed by atoms with Gasteiger partial charge in [-0.2, -0.15) is 0 Å². The molecule has 0 spiro atoms. The fraction of sp³-hybridized carbons (Fsp3) is 0.269. The van der Waals surface area contributed by atoms with E-state index in [1.165, 1.54) is 15.9 Å². The molecule has 0 aliphatic carbocycles. The van der Waals surface area contributed by atoms with Crippen molar-refractivity contribution in [3.63, 3.8) is 0 Å². The number of hydrogen-bond acceptors (Lipinski definition) is 7. The van der Waals surface area contributed by atoms with E-state index >= 15 is 0 Å². The second-order valence-corrected chi connectivity index (χ2v) is 9.16. The summed E-state index contributed by atoms with van der Waals surface area (Å²) in [7, 11) is 1.67. The third-order valence-electron chi connectivity index (χ3n) is 6.44. The summed E-state index contributed by atoms with van der Waals surface area (Å²) in [6.07, 6.45) is 0. The molecule has 180 valence electrons. The van der Waals surface area contributed by atoms with E-state index in [9.17, 15) is 14.4 Å². The highest BCUT2D eigenvalue weighted by Gasteiger charge is 2.22. The summed E-state index contributed by atoms with van der Waals surface area (Å²) in [5.41, 5.74) is 0.884. The molecule has 2 aromatic heterocycles. The average Bonchev–Trinajstić information content (AvgIpc) is 3.39. The van der Waals surface area contributed by atoms with Crippen LogP contribution in [0.4, 0.5) is 5.69 Å². The largest absolute Gasteiger partial charge is 0.495 e. The van der Waals surface area contributed by atoms with Crippen molar-refractivity contribution in [2.24, 2.45) is 0 Å². The molecule has 0 atom stereocenters. The summed E-state index contributed by atoms with van der Waals surface area (Å²) in [6, 6.07) is 16.6. The van der Waals surface area contributed by atoms with Crippen LogP contribution in [0.25, 0.3) is 10.9 Å². The Labute approximate surface area is 206 Å². The molecule has 8 nitrogen and oxygen atoms in total. The molecule has 0 N–H and O–H groups in total. The van der Waals surface area contributed by atoms with E-state index in [1.54, 1.807) is 42.1 Å². The van der Waals surface area contributed by atoms with Crippen molar-refractivity contribution in [1.29, 1.82) is 0 Å². The van der Waals surface area contributed by atoms with Crippen molar-refractivity contribution in [1.82, 2.24) is 14.0 Å². The van der Waals surface area contributed by atoms with Gasteiger partial charge in [-0.1, -0.05) is 30.3 Å². The minimum absolute atomic E-state index is 0.222. The lowest BCUT2D eigenvalue weighted by molar-refractivity contribution is 0.0957. The molecule has 0 amide bonds. The fourth-order valence-corrected chi connectivity index (χ4v) is 5.31. The maximum atomic E-state index is 13.4. The molecule has 1 fully saturated rings. The third kappa shape index (κ3) is 4.40. The highest BCUT2D eigenvalue weighted by molar-refractivity contribution is 7.09. The summed E-state index contributed by atoms with van der Waals surface area (Å²) in [5.74, 6) is 0.415. The highest BCUT2D eigenvalue weighted by Crippen LogP contribution is 2.28. The lowest BCUT2D eigenvalue weighted by Gasteiger charge is -2.36. The SMILES string of the molecule is COc1ccccc1N1CCN(CCn2c(=O)c3cscc3n(C(=O)c3ccccc3)c2=O)CC1. The molecule has 9 heteroatoms. The third-order valence-corrected chi connectivity index (χ3v) is 7.17. The number of aromatic nitrogens is 2. The fourth-order valence-electron chi connectivity index (χ4n) is 4.53. The zero-order valence-corrected chi connectivity index (χ0v) is 20.2. The van der Waals surface area contributed by atoms with Crippen LogP contribution in [-0.2, 0) is 6.54 Å². The van der Waals surface area contributed by atoms with Gasteiger partial charge in [0.15, 0.2) is 0 Å². The Morgan fingerprint density at radius 2 is 1.63 bits per heavy atom. The van der Waals surface area contributed by atoms with Gasteiger partial charge >= 0.3 is 5.69 Å². The van der Waals surface area contributed by atoms with Gasteiger partial charge in [0.1, 0.15) is 5.75 Å². The van der Waals surface area contributed by atoms with E-state index in [-0.39, 0.29) is 12.1 Å². The van der Waals surface area contributed by atoms with Crippen molar-refractivity contribution in [3.05, 3.63) is 91.8 Å². The first kappa shape index (κ1) is 23.1. The van der Waals surface area contributed by atoms with Crippen molar-refractivity contribution >= 4 is 33.8 Å². The molecule has 0 saturated carbocycles. The van der Waals surface area contributed by atoms with Gasteiger partial charge in [0, 0.05) is 55.6 Å². The summed E-state index contributed by atoms with van der Waals surface area (Å²) >= 11 is 1.31. The molecule has 1 aliphatic heterocycles. The zero-order valence-electron chi connectivity index (χ0n) is 19.4. The van der Waals surface area contributed by atoms with E-state index < -0.39 is 11.6 Å². The zero-order chi connectivity index (χ0) is 24.4. The predicted molar refractivity (Wildman–Crippen MR) is 138 cm³/mol. The number of fused-ring (bicyclic) bond motifs is 1. The van der Waals surface area contributed by atoms with Crippen LogP contribution in [0, 0.1) is 0 Å². The Morgan fingerprint density at radius 3 is 2.37 bits per heavy atom. The number of ether oxygens (including phenoxy) is 1. The van der Waals surface area contributed by atoms with Crippen LogP contribution in [0.1, 0.15) is 10.4 Å².